The van der Waals surface area contributed by atoms with E-state index in [1.165, 1.54) is 18.6 Å². The van der Waals surface area contributed by atoms with Crippen molar-refractivity contribution in [2.75, 3.05) is 5.75 Å². The smallest absolute Gasteiger partial charge is 0.252 e. The van der Waals surface area contributed by atoms with Gasteiger partial charge >= 0.3 is 0 Å². The van der Waals surface area contributed by atoms with Crippen LogP contribution in [0.4, 0.5) is 0 Å². The number of carbonyl (C=O) groups is 1. The molecule has 1 fully saturated rings. The van der Waals surface area contributed by atoms with Crippen molar-refractivity contribution in [3.63, 3.8) is 0 Å². The second kappa shape index (κ2) is 3.57. The lowest BCUT2D eigenvalue weighted by Gasteiger charge is -2.20. The Labute approximate surface area is 88.7 Å². The molecule has 0 aromatic rings. The van der Waals surface area contributed by atoms with Crippen molar-refractivity contribution in [1.82, 2.24) is 5.32 Å². The van der Waals surface area contributed by atoms with Gasteiger partial charge in [-0.1, -0.05) is 6.42 Å². The second-order valence-electron chi connectivity index (χ2n) is 4.37. The third-order valence-corrected chi connectivity index (χ3v) is 4.07. The Morgan fingerprint density at radius 3 is 2.79 bits per heavy atom. The highest BCUT2D eigenvalue weighted by Crippen LogP contribution is 2.28. The van der Waals surface area contributed by atoms with Crippen LogP contribution in [-0.4, -0.2) is 28.3 Å². The molecule has 0 aliphatic carbocycles. The van der Waals surface area contributed by atoms with Crippen molar-refractivity contribution in [3.05, 3.63) is 0 Å². The van der Waals surface area contributed by atoms with E-state index in [0.29, 0.717) is 5.25 Å². The molecule has 2 aliphatic heterocycles. The molecule has 1 N–H and O–H groups in total. The summed E-state index contributed by atoms with van der Waals surface area (Å²) in [4.78, 5) is 16.0. The third-order valence-electron chi connectivity index (χ3n) is 2.68. The molecule has 2 heterocycles. The van der Waals surface area contributed by atoms with Gasteiger partial charge in [0.05, 0.1) is 5.25 Å². The predicted molar refractivity (Wildman–Crippen MR) is 59.8 cm³/mol. The summed E-state index contributed by atoms with van der Waals surface area (Å²) in [6, 6.07) is 0. The number of hydrogen-bond donors (Lipinski definition) is 1. The first-order chi connectivity index (χ1) is 6.59. The van der Waals surface area contributed by atoms with E-state index in [-0.39, 0.29) is 5.91 Å². The minimum absolute atomic E-state index is 0.0404. The number of nitrogens with one attached hydrogen (secondary N) is 1. The lowest BCUT2D eigenvalue weighted by atomic mass is 10.1. The van der Waals surface area contributed by atoms with Gasteiger partial charge in [-0.05, 0) is 32.4 Å². The Kier molecular flexibility index (Phi) is 2.56. The van der Waals surface area contributed by atoms with E-state index in [9.17, 15) is 4.79 Å². The molecule has 2 rings (SSSR count). The van der Waals surface area contributed by atoms with Gasteiger partial charge in [-0.25, -0.2) is 0 Å². The molecule has 0 spiro atoms. The van der Waals surface area contributed by atoms with E-state index in [2.05, 4.69) is 10.3 Å². The fraction of sp³-hybridized carbons (Fsp3) is 0.800. The molecule has 78 valence electrons. The van der Waals surface area contributed by atoms with Gasteiger partial charge in [0, 0.05) is 0 Å². The van der Waals surface area contributed by atoms with Gasteiger partial charge < -0.3 is 5.32 Å². The first-order valence-electron chi connectivity index (χ1n) is 5.12. The van der Waals surface area contributed by atoms with Crippen LogP contribution in [0.3, 0.4) is 0 Å². The number of thioether (sulfide) groups is 1. The molecular weight excluding hydrogens is 196 g/mol. The molecule has 0 saturated carbocycles. The largest absolute Gasteiger partial charge is 0.311 e. The van der Waals surface area contributed by atoms with E-state index in [0.717, 1.165) is 12.3 Å². The van der Waals surface area contributed by atoms with Crippen molar-refractivity contribution in [1.29, 1.82) is 0 Å². The maximum Gasteiger partial charge on any atom is 0.252 e. The molecule has 4 heteroatoms. The summed E-state index contributed by atoms with van der Waals surface area (Å²) in [7, 11) is 0. The SMILES string of the molecule is CC1(C)N=C(C2CCCCS2)NC1=O. The number of rotatable bonds is 1. The summed E-state index contributed by atoms with van der Waals surface area (Å²) in [5.74, 6) is 2.14. The molecule has 1 atom stereocenters. The molecule has 2 aliphatic rings. The van der Waals surface area contributed by atoms with Crippen LogP contribution in [0.2, 0.25) is 0 Å². The lowest BCUT2D eigenvalue weighted by Crippen LogP contribution is -2.37. The van der Waals surface area contributed by atoms with E-state index >= 15 is 0 Å². The van der Waals surface area contributed by atoms with Crippen LogP contribution < -0.4 is 5.32 Å². The van der Waals surface area contributed by atoms with Crippen LogP contribution in [0.5, 0.6) is 0 Å². The van der Waals surface area contributed by atoms with Crippen molar-refractivity contribution in [2.24, 2.45) is 4.99 Å². The molecule has 1 unspecified atom stereocenters. The Morgan fingerprint density at radius 1 is 1.50 bits per heavy atom. The van der Waals surface area contributed by atoms with Crippen molar-refractivity contribution >= 4 is 23.5 Å². The zero-order valence-corrected chi connectivity index (χ0v) is 9.49. The quantitative estimate of drug-likeness (QED) is 0.717. The van der Waals surface area contributed by atoms with Crippen LogP contribution in [0.25, 0.3) is 0 Å². The topological polar surface area (TPSA) is 41.5 Å². The summed E-state index contributed by atoms with van der Waals surface area (Å²) in [5.41, 5.74) is -0.548. The summed E-state index contributed by atoms with van der Waals surface area (Å²) in [6.45, 7) is 3.73. The number of nitrogens with zero attached hydrogens (tertiary/aromatic N) is 1. The molecule has 0 aromatic carbocycles. The molecule has 1 saturated heterocycles. The van der Waals surface area contributed by atoms with Crippen LogP contribution in [-0.2, 0) is 4.79 Å². The number of aliphatic imine (C=N–C) groups is 1. The van der Waals surface area contributed by atoms with Gasteiger partial charge in [-0.15, -0.1) is 0 Å². The van der Waals surface area contributed by atoms with Gasteiger partial charge in [0.2, 0.25) is 0 Å². The van der Waals surface area contributed by atoms with E-state index in [1.807, 2.05) is 25.6 Å². The van der Waals surface area contributed by atoms with Gasteiger partial charge in [0.1, 0.15) is 11.4 Å². The lowest BCUT2D eigenvalue weighted by molar-refractivity contribution is -0.122. The number of amidine groups is 1. The molecule has 14 heavy (non-hydrogen) atoms. The average molecular weight is 212 g/mol. The summed E-state index contributed by atoms with van der Waals surface area (Å²) in [5, 5.41) is 3.33. The Morgan fingerprint density at radius 2 is 2.29 bits per heavy atom. The highest BCUT2D eigenvalue weighted by atomic mass is 32.2. The summed E-state index contributed by atoms with van der Waals surface area (Å²) in [6.07, 6.45) is 3.71. The van der Waals surface area contributed by atoms with Crippen molar-refractivity contribution < 1.29 is 4.79 Å². The van der Waals surface area contributed by atoms with E-state index in [4.69, 9.17) is 0 Å². The van der Waals surface area contributed by atoms with Crippen LogP contribution >= 0.6 is 11.8 Å². The summed E-state index contributed by atoms with van der Waals surface area (Å²) < 4.78 is 0. The fourth-order valence-corrected chi connectivity index (χ4v) is 3.02. The molecular formula is C10H16N2OS. The minimum Gasteiger partial charge on any atom is -0.311 e. The molecule has 1 amide bonds. The van der Waals surface area contributed by atoms with Gasteiger partial charge in [-0.2, -0.15) is 11.8 Å². The van der Waals surface area contributed by atoms with Crippen LogP contribution in [0.1, 0.15) is 33.1 Å². The maximum absolute atomic E-state index is 11.5. The number of hydrogen-bond acceptors (Lipinski definition) is 3. The fourth-order valence-electron chi connectivity index (χ4n) is 1.76. The first kappa shape index (κ1) is 10.0. The Balaban J connectivity index is 2.09. The highest BCUT2D eigenvalue weighted by molar-refractivity contribution is 8.00. The van der Waals surface area contributed by atoms with Crippen molar-refractivity contribution in [3.8, 4) is 0 Å². The van der Waals surface area contributed by atoms with E-state index < -0.39 is 5.54 Å². The second-order valence-corrected chi connectivity index (χ2v) is 5.68. The van der Waals surface area contributed by atoms with E-state index in [1.54, 1.807) is 0 Å². The first-order valence-corrected chi connectivity index (χ1v) is 6.17. The third kappa shape index (κ3) is 1.80. The normalized spacial score (nSPS) is 31.1. The standard InChI is InChI=1S/C10H16N2OS/c1-10(2)9(13)11-8(12-10)7-5-3-4-6-14-7/h7H,3-6H2,1-2H3,(H,11,12,13). The summed E-state index contributed by atoms with van der Waals surface area (Å²) >= 11 is 1.92. The maximum atomic E-state index is 11.5. The van der Waals surface area contributed by atoms with Crippen molar-refractivity contribution in [2.45, 2.75) is 43.9 Å². The molecule has 0 bridgehead atoms. The molecule has 0 radical (unpaired) electrons. The molecule has 0 aromatic heterocycles. The zero-order valence-electron chi connectivity index (χ0n) is 8.67. The zero-order chi connectivity index (χ0) is 10.2. The number of carbonyl (C=O) groups excluding carboxylic acids is 1. The number of amides is 1. The van der Waals surface area contributed by atoms with Gasteiger partial charge in [0.15, 0.2) is 0 Å². The predicted octanol–water partition coefficient (Wildman–Crippen LogP) is 1.58. The van der Waals surface area contributed by atoms with Gasteiger partial charge in [0.25, 0.3) is 5.91 Å². The Hall–Kier alpha value is -0.510. The monoisotopic (exact) mass is 212 g/mol. The highest BCUT2D eigenvalue weighted by Gasteiger charge is 2.37. The van der Waals surface area contributed by atoms with Crippen LogP contribution in [0.15, 0.2) is 4.99 Å². The molecule has 3 nitrogen and oxygen atoms in total. The Bertz CT molecular complexity index is 280. The average Bonchev–Trinajstić information content (AvgIpc) is 2.43. The minimum atomic E-state index is -0.548. The van der Waals surface area contributed by atoms with Crippen LogP contribution in [0, 0.1) is 0 Å². The van der Waals surface area contributed by atoms with Gasteiger partial charge in [-0.3, -0.25) is 9.79 Å².